The number of anilines is 1. The average Bonchev–Trinajstić information content (AvgIpc) is 3.22. The predicted molar refractivity (Wildman–Crippen MR) is 117 cm³/mol. The van der Waals surface area contributed by atoms with Gasteiger partial charge in [-0.3, -0.25) is 4.79 Å². The predicted octanol–water partition coefficient (Wildman–Crippen LogP) is 4.33. The second kappa shape index (κ2) is 7.65. The molecule has 0 saturated carbocycles. The van der Waals surface area contributed by atoms with Crippen LogP contribution in [0, 0.1) is 0 Å². The van der Waals surface area contributed by atoms with Gasteiger partial charge in [0, 0.05) is 5.69 Å². The SMILES string of the molecule is COc1ccc([C@H]2c3c(c4ccccc4oc3=O)O[C@@H]2C(=O)Nc2ccccc2)cc1. The summed E-state index contributed by atoms with van der Waals surface area (Å²) in [6.45, 7) is 0. The zero-order valence-electron chi connectivity index (χ0n) is 16.7. The van der Waals surface area contributed by atoms with Crippen molar-refractivity contribution in [2.75, 3.05) is 12.4 Å². The molecular formula is C25H19NO5. The van der Waals surface area contributed by atoms with Crippen LogP contribution in [0.1, 0.15) is 17.0 Å². The third kappa shape index (κ3) is 3.32. The number of hydrogen-bond acceptors (Lipinski definition) is 5. The Hall–Kier alpha value is -4.06. The summed E-state index contributed by atoms with van der Waals surface area (Å²) >= 11 is 0. The Bertz CT molecular complexity index is 1310. The Labute approximate surface area is 178 Å². The molecule has 0 aliphatic carbocycles. The monoisotopic (exact) mass is 413 g/mol. The molecule has 0 unspecified atom stereocenters. The maximum Gasteiger partial charge on any atom is 0.344 e. The number of hydrogen-bond donors (Lipinski definition) is 1. The average molecular weight is 413 g/mol. The van der Waals surface area contributed by atoms with Crippen LogP contribution < -0.4 is 20.4 Å². The third-order valence-corrected chi connectivity index (χ3v) is 5.43. The number of benzene rings is 3. The number of fused-ring (bicyclic) bond motifs is 3. The fraction of sp³-hybridized carbons (Fsp3) is 0.120. The van der Waals surface area contributed by atoms with Crippen molar-refractivity contribution in [2.45, 2.75) is 12.0 Å². The van der Waals surface area contributed by atoms with Crippen molar-refractivity contribution >= 4 is 22.6 Å². The molecule has 6 nitrogen and oxygen atoms in total. The van der Waals surface area contributed by atoms with Gasteiger partial charge in [-0.2, -0.15) is 0 Å². The lowest BCUT2D eigenvalue weighted by atomic mass is 9.88. The van der Waals surface area contributed by atoms with Gasteiger partial charge in [0.05, 0.1) is 24.0 Å². The van der Waals surface area contributed by atoms with Gasteiger partial charge in [0.1, 0.15) is 17.1 Å². The van der Waals surface area contributed by atoms with E-state index in [9.17, 15) is 9.59 Å². The standard InChI is InChI=1S/C25H19NO5/c1-29-17-13-11-15(12-14-17)20-21-22(18-9-5-6-10-19(18)30-25(21)28)31-23(20)24(27)26-16-7-3-2-4-8-16/h2-14,20,23H,1H3,(H,26,27)/t20-,23-/m0/s1. The van der Waals surface area contributed by atoms with Gasteiger partial charge < -0.3 is 19.2 Å². The number of amides is 1. The summed E-state index contributed by atoms with van der Waals surface area (Å²) in [4.78, 5) is 26.2. The number of carbonyl (C=O) groups excluding carboxylic acids is 1. The van der Waals surface area contributed by atoms with E-state index >= 15 is 0 Å². The molecule has 0 radical (unpaired) electrons. The highest BCUT2D eigenvalue weighted by atomic mass is 16.5. The van der Waals surface area contributed by atoms with Gasteiger partial charge in [0.15, 0.2) is 6.10 Å². The Morgan fingerprint density at radius 1 is 0.935 bits per heavy atom. The summed E-state index contributed by atoms with van der Waals surface area (Å²) in [5.74, 6) is 0.108. The summed E-state index contributed by atoms with van der Waals surface area (Å²) in [6, 6.07) is 23.5. The van der Waals surface area contributed by atoms with Gasteiger partial charge in [0.25, 0.3) is 5.91 Å². The van der Waals surface area contributed by atoms with Gasteiger partial charge in [-0.1, -0.05) is 42.5 Å². The van der Waals surface area contributed by atoms with E-state index in [-0.39, 0.29) is 5.91 Å². The smallest absolute Gasteiger partial charge is 0.344 e. The van der Waals surface area contributed by atoms with Crippen molar-refractivity contribution in [3.63, 3.8) is 0 Å². The van der Waals surface area contributed by atoms with E-state index in [2.05, 4.69) is 5.32 Å². The summed E-state index contributed by atoms with van der Waals surface area (Å²) in [5, 5.41) is 3.55. The first-order valence-electron chi connectivity index (χ1n) is 9.88. The lowest BCUT2D eigenvalue weighted by Gasteiger charge is -2.19. The van der Waals surface area contributed by atoms with Crippen LogP contribution in [-0.4, -0.2) is 19.1 Å². The number of para-hydroxylation sites is 2. The number of carbonyl (C=O) groups is 1. The van der Waals surface area contributed by atoms with Crippen LogP contribution in [0.25, 0.3) is 11.0 Å². The molecule has 0 bridgehead atoms. The minimum Gasteiger partial charge on any atom is -0.497 e. The van der Waals surface area contributed by atoms with Crippen molar-refractivity contribution in [3.8, 4) is 11.5 Å². The molecule has 0 fully saturated rings. The second-order valence-corrected chi connectivity index (χ2v) is 7.27. The first-order chi connectivity index (χ1) is 15.2. The van der Waals surface area contributed by atoms with Gasteiger partial charge in [0.2, 0.25) is 0 Å². The molecule has 3 aromatic carbocycles. The Balaban J connectivity index is 1.64. The molecule has 1 amide bonds. The molecule has 5 rings (SSSR count). The van der Waals surface area contributed by atoms with Crippen molar-refractivity contribution in [3.05, 3.63) is 100 Å². The minimum atomic E-state index is -0.933. The van der Waals surface area contributed by atoms with Crippen LogP contribution in [0.3, 0.4) is 0 Å². The number of nitrogens with one attached hydrogen (secondary N) is 1. The van der Waals surface area contributed by atoms with Crippen LogP contribution in [0.5, 0.6) is 11.5 Å². The number of methoxy groups -OCH3 is 1. The Morgan fingerprint density at radius 3 is 2.39 bits per heavy atom. The van der Waals surface area contributed by atoms with E-state index in [1.807, 2.05) is 42.5 Å². The molecule has 154 valence electrons. The van der Waals surface area contributed by atoms with E-state index in [0.29, 0.717) is 33.7 Å². The van der Waals surface area contributed by atoms with Gasteiger partial charge in [-0.15, -0.1) is 0 Å². The van der Waals surface area contributed by atoms with Crippen molar-refractivity contribution in [1.29, 1.82) is 0 Å². The lowest BCUT2D eigenvalue weighted by molar-refractivity contribution is -0.122. The lowest BCUT2D eigenvalue weighted by Crippen LogP contribution is -2.35. The molecule has 1 aliphatic rings. The molecule has 1 N–H and O–H groups in total. The molecule has 4 aromatic rings. The molecule has 31 heavy (non-hydrogen) atoms. The van der Waals surface area contributed by atoms with Crippen LogP contribution in [-0.2, 0) is 4.79 Å². The van der Waals surface area contributed by atoms with Gasteiger partial charge >= 0.3 is 5.63 Å². The first kappa shape index (κ1) is 18.9. The summed E-state index contributed by atoms with van der Waals surface area (Å²) in [7, 11) is 1.58. The van der Waals surface area contributed by atoms with Gasteiger partial charge in [-0.25, -0.2) is 4.79 Å². The highest BCUT2D eigenvalue weighted by Crippen LogP contribution is 2.44. The van der Waals surface area contributed by atoms with Crippen molar-refractivity contribution in [1.82, 2.24) is 0 Å². The van der Waals surface area contributed by atoms with E-state index in [4.69, 9.17) is 13.9 Å². The topological polar surface area (TPSA) is 77.8 Å². The Kier molecular flexibility index (Phi) is 4.67. The van der Waals surface area contributed by atoms with Crippen molar-refractivity contribution < 1.29 is 18.7 Å². The van der Waals surface area contributed by atoms with Crippen molar-refractivity contribution in [2.24, 2.45) is 0 Å². The molecule has 0 saturated heterocycles. The van der Waals surface area contributed by atoms with E-state index < -0.39 is 17.6 Å². The van der Waals surface area contributed by atoms with Crippen LogP contribution in [0.2, 0.25) is 0 Å². The fourth-order valence-electron chi connectivity index (χ4n) is 3.97. The second-order valence-electron chi connectivity index (χ2n) is 7.27. The maximum atomic E-state index is 13.2. The quantitative estimate of drug-likeness (QED) is 0.504. The number of rotatable bonds is 4. The zero-order chi connectivity index (χ0) is 21.4. The first-order valence-corrected chi connectivity index (χ1v) is 9.88. The third-order valence-electron chi connectivity index (χ3n) is 5.43. The normalized spacial score (nSPS) is 17.1. The molecular weight excluding hydrogens is 394 g/mol. The molecule has 2 atom stereocenters. The molecule has 2 heterocycles. The molecule has 0 spiro atoms. The van der Waals surface area contributed by atoms with E-state index in [0.717, 1.165) is 5.56 Å². The zero-order valence-corrected chi connectivity index (χ0v) is 16.7. The largest absolute Gasteiger partial charge is 0.497 e. The summed E-state index contributed by atoms with van der Waals surface area (Å²) in [5.41, 5.74) is 1.67. The Morgan fingerprint density at radius 2 is 1.65 bits per heavy atom. The van der Waals surface area contributed by atoms with Crippen LogP contribution >= 0.6 is 0 Å². The highest BCUT2D eigenvalue weighted by molar-refractivity contribution is 5.97. The van der Waals surface area contributed by atoms with E-state index in [1.165, 1.54) is 0 Å². The van der Waals surface area contributed by atoms with Gasteiger partial charge in [-0.05, 0) is 42.0 Å². The van der Waals surface area contributed by atoms with E-state index in [1.54, 1.807) is 43.5 Å². The minimum absolute atomic E-state index is 0.341. The number of ether oxygens (including phenoxy) is 2. The molecule has 6 heteroatoms. The molecule has 1 aliphatic heterocycles. The maximum absolute atomic E-state index is 13.2. The summed E-state index contributed by atoms with van der Waals surface area (Å²) < 4.78 is 17.0. The highest BCUT2D eigenvalue weighted by Gasteiger charge is 2.44. The molecule has 1 aromatic heterocycles. The van der Waals surface area contributed by atoms with Crippen LogP contribution in [0.4, 0.5) is 5.69 Å². The fourth-order valence-corrected chi connectivity index (χ4v) is 3.97. The summed E-state index contributed by atoms with van der Waals surface area (Å²) in [6.07, 6.45) is -0.933. The van der Waals surface area contributed by atoms with Crippen LogP contribution in [0.15, 0.2) is 88.1 Å².